The van der Waals surface area contributed by atoms with E-state index in [9.17, 15) is 38.7 Å². The molecule has 1 aromatic heterocycles. The normalized spacial score (nSPS) is 18.3. The number of nitrogens with two attached hydrogens (primary N) is 2. The Balaban J connectivity index is 1.71. The van der Waals surface area contributed by atoms with E-state index in [2.05, 4.69) is 40.0 Å². The Morgan fingerprint density at radius 3 is 2.43 bits per heavy atom. The van der Waals surface area contributed by atoms with Crippen LogP contribution in [0.1, 0.15) is 56.7 Å². The van der Waals surface area contributed by atoms with Crippen LogP contribution in [0.2, 0.25) is 0 Å². The van der Waals surface area contributed by atoms with Gasteiger partial charge in [0.1, 0.15) is 30.0 Å². The Bertz CT molecular complexity index is 1590. The summed E-state index contributed by atoms with van der Waals surface area (Å²) < 4.78 is 12.5. The Morgan fingerprint density at radius 1 is 1.11 bits per heavy atom. The zero-order valence-corrected chi connectivity index (χ0v) is 33.1. The van der Waals surface area contributed by atoms with Gasteiger partial charge >= 0.3 is 23.6 Å². The first-order valence-corrected chi connectivity index (χ1v) is 22.9. The SMILES string of the molecule is Nc1nc(=O)n(C2CC(O)C(COP(P)P)O2)cc1C#CCNC(=O)CCSSCCCC(N)C(=O)CC(CC(=O)O)C(=O)NC(CC(=O)O)C(=O)O. The second-order valence-electron chi connectivity index (χ2n) is 11.5. The number of anilines is 1. The van der Waals surface area contributed by atoms with Gasteiger partial charge in [0.05, 0.1) is 57.1 Å². The molecule has 1 aliphatic rings. The Labute approximate surface area is 317 Å². The minimum Gasteiger partial charge on any atom is -0.481 e. The fraction of sp³-hybridized carbons (Fsp3) is 0.586. The average Bonchev–Trinajstić information content (AvgIpc) is 3.44. The highest BCUT2D eigenvalue weighted by Gasteiger charge is 2.36. The number of carboxylic acid groups (broad SMARTS) is 3. The number of amides is 2. The molecule has 294 valence electrons. The third kappa shape index (κ3) is 17.4. The standard InChI is InChI=1S/C29H43N6O13P3S2/c30-17(19(36)9-16(10-24(39)40)27(43)33-18(28(44)45)11-25(41)42)4-2-7-52-53-8-5-22(38)32-6-1-3-15-13-35(29(46)34-26(15)31)23-12-20(37)21(48-23)14-47-51(49)50/h13,16-18,20-21,23,37H,2,4-12,14,30,49-50H2,(H,32,38)(H,33,43)(H,39,40)(H,41,42)(H,44,45)(H2,31,34,46). The summed E-state index contributed by atoms with van der Waals surface area (Å²) in [6.45, 7) is 0.156. The summed E-state index contributed by atoms with van der Waals surface area (Å²) in [5, 5.41) is 42.1. The van der Waals surface area contributed by atoms with E-state index in [1.165, 1.54) is 32.4 Å². The molecule has 1 aliphatic heterocycles. The topological polar surface area (TPSA) is 313 Å². The number of ketones is 1. The molecule has 0 aliphatic carbocycles. The van der Waals surface area contributed by atoms with Crippen LogP contribution in [0.3, 0.4) is 0 Å². The van der Waals surface area contributed by atoms with Crippen molar-refractivity contribution in [1.29, 1.82) is 0 Å². The van der Waals surface area contributed by atoms with E-state index in [0.717, 1.165) is 0 Å². The monoisotopic (exact) mass is 840 g/mol. The second-order valence-corrected chi connectivity index (χ2v) is 20.0. The smallest absolute Gasteiger partial charge is 0.351 e. The Morgan fingerprint density at radius 2 is 1.79 bits per heavy atom. The Kier molecular flexibility index (Phi) is 20.8. The van der Waals surface area contributed by atoms with Crippen LogP contribution in [0.15, 0.2) is 11.0 Å². The summed E-state index contributed by atoms with van der Waals surface area (Å²) in [5.74, 6) is -1.39. The molecule has 2 heterocycles. The minimum absolute atomic E-state index is 0.00365. The van der Waals surface area contributed by atoms with Gasteiger partial charge in [-0.1, -0.05) is 51.3 Å². The lowest BCUT2D eigenvalue weighted by atomic mass is 9.93. The van der Waals surface area contributed by atoms with Crippen molar-refractivity contribution in [3.8, 4) is 11.8 Å². The lowest BCUT2D eigenvalue weighted by Gasteiger charge is -2.19. The molecule has 2 rings (SSSR count). The summed E-state index contributed by atoms with van der Waals surface area (Å²) in [6, 6.07) is -2.81. The first kappa shape index (κ1) is 46.2. The lowest BCUT2D eigenvalue weighted by molar-refractivity contribution is -0.148. The zero-order valence-electron chi connectivity index (χ0n) is 28.3. The van der Waals surface area contributed by atoms with Crippen LogP contribution in [-0.2, 0) is 38.0 Å². The molecule has 10 N–H and O–H groups in total. The van der Waals surface area contributed by atoms with E-state index < -0.39 is 98.5 Å². The number of ether oxygens (including phenoxy) is 1. The van der Waals surface area contributed by atoms with E-state index >= 15 is 0 Å². The van der Waals surface area contributed by atoms with Crippen molar-refractivity contribution in [3.05, 3.63) is 22.2 Å². The zero-order chi connectivity index (χ0) is 39.7. The molecule has 24 heteroatoms. The van der Waals surface area contributed by atoms with Crippen LogP contribution in [-0.4, -0.2) is 114 Å². The van der Waals surface area contributed by atoms with Crippen LogP contribution >= 0.6 is 47.0 Å². The minimum atomic E-state index is -1.80. The Hall–Kier alpha value is -2.91. The van der Waals surface area contributed by atoms with Gasteiger partial charge in [-0.3, -0.25) is 28.5 Å². The number of aliphatic hydroxyl groups is 1. The number of hydrogen-bond donors (Lipinski definition) is 8. The van der Waals surface area contributed by atoms with Crippen LogP contribution in [0.25, 0.3) is 0 Å². The molecular weight excluding hydrogens is 797 g/mol. The molecule has 0 radical (unpaired) electrons. The van der Waals surface area contributed by atoms with Gasteiger partial charge in [-0.2, -0.15) is 4.98 Å². The number of nitrogen functional groups attached to an aromatic ring is 1. The predicted octanol–water partition coefficient (Wildman–Crippen LogP) is -0.0915. The molecule has 1 aromatic rings. The van der Waals surface area contributed by atoms with Crippen molar-refractivity contribution in [3.63, 3.8) is 0 Å². The molecule has 2 amide bonds. The van der Waals surface area contributed by atoms with Gasteiger partial charge in [-0.15, -0.1) is 0 Å². The van der Waals surface area contributed by atoms with E-state index in [0.29, 0.717) is 17.9 Å². The van der Waals surface area contributed by atoms with E-state index in [-0.39, 0.29) is 49.7 Å². The van der Waals surface area contributed by atoms with Crippen molar-refractivity contribution in [1.82, 2.24) is 20.2 Å². The second kappa shape index (κ2) is 23.8. The highest BCUT2D eigenvalue weighted by molar-refractivity contribution is 8.76. The molecule has 53 heavy (non-hydrogen) atoms. The number of aromatic nitrogens is 2. The van der Waals surface area contributed by atoms with E-state index in [4.69, 9.17) is 36.0 Å². The number of aliphatic hydroxyl groups excluding tert-OH is 1. The van der Waals surface area contributed by atoms with Crippen LogP contribution < -0.4 is 27.8 Å². The van der Waals surface area contributed by atoms with Crippen molar-refractivity contribution in [2.24, 2.45) is 11.7 Å². The number of nitrogens with one attached hydrogen (secondary N) is 2. The molecule has 0 saturated carbocycles. The number of aliphatic carboxylic acids is 3. The molecule has 1 saturated heterocycles. The molecule has 0 aromatic carbocycles. The molecule has 8 atom stereocenters. The third-order valence-electron chi connectivity index (χ3n) is 7.37. The van der Waals surface area contributed by atoms with Gasteiger partial charge < -0.3 is 51.8 Å². The number of carbonyl (C=O) groups is 6. The van der Waals surface area contributed by atoms with Gasteiger partial charge in [-0.25, -0.2) is 9.59 Å². The third-order valence-corrected chi connectivity index (χ3v) is 11.2. The number of rotatable bonds is 23. The molecular formula is C29H43N6O13P3S2. The number of nitrogens with zero attached hydrogens (tertiary/aromatic N) is 2. The van der Waals surface area contributed by atoms with Gasteiger partial charge in [0.15, 0.2) is 0 Å². The molecule has 0 spiro atoms. The largest absolute Gasteiger partial charge is 0.481 e. The summed E-state index contributed by atoms with van der Waals surface area (Å²) in [5.41, 5.74) is 11.4. The highest BCUT2D eigenvalue weighted by atomic mass is 33.1. The van der Waals surface area contributed by atoms with Gasteiger partial charge in [0.25, 0.3) is 0 Å². The fourth-order valence-electron chi connectivity index (χ4n) is 4.65. The van der Waals surface area contributed by atoms with Crippen LogP contribution in [0.5, 0.6) is 0 Å². The first-order valence-electron chi connectivity index (χ1n) is 15.9. The van der Waals surface area contributed by atoms with Crippen molar-refractivity contribution < 1.29 is 58.5 Å². The summed E-state index contributed by atoms with van der Waals surface area (Å²) in [6.07, 6.45) is -2.07. The molecule has 19 nitrogen and oxygen atoms in total. The van der Waals surface area contributed by atoms with Crippen molar-refractivity contribution in [2.45, 2.75) is 75.5 Å². The average molecular weight is 841 g/mol. The summed E-state index contributed by atoms with van der Waals surface area (Å²) in [4.78, 5) is 87.0. The molecule has 1 fully saturated rings. The van der Waals surface area contributed by atoms with Crippen LogP contribution in [0, 0.1) is 17.8 Å². The van der Waals surface area contributed by atoms with Gasteiger partial charge in [0, 0.05) is 37.0 Å². The number of hydrogen-bond acceptors (Lipinski definition) is 15. The van der Waals surface area contributed by atoms with Crippen molar-refractivity contribution in [2.75, 3.05) is 30.4 Å². The maximum absolute atomic E-state index is 12.6. The van der Waals surface area contributed by atoms with Crippen molar-refractivity contribution >= 4 is 88.3 Å². The lowest BCUT2D eigenvalue weighted by Crippen LogP contribution is -2.46. The summed E-state index contributed by atoms with van der Waals surface area (Å²) >= 11 is 0. The summed E-state index contributed by atoms with van der Waals surface area (Å²) in [7, 11) is 7.06. The number of carboxylic acids is 3. The quantitative estimate of drug-likeness (QED) is 0.0309. The van der Waals surface area contributed by atoms with E-state index in [1.807, 2.05) is 5.32 Å². The first-order chi connectivity index (χ1) is 25.0. The highest BCUT2D eigenvalue weighted by Crippen LogP contribution is 2.54. The van der Waals surface area contributed by atoms with E-state index in [1.54, 1.807) is 0 Å². The van der Waals surface area contributed by atoms with Gasteiger partial charge in [0.2, 0.25) is 11.8 Å². The maximum Gasteiger partial charge on any atom is 0.351 e. The predicted molar refractivity (Wildman–Crippen MR) is 204 cm³/mol. The number of carbonyl (C=O) groups excluding carboxylic acids is 3. The molecule has 8 unspecified atom stereocenters. The van der Waals surface area contributed by atoms with Crippen LogP contribution in [0.4, 0.5) is 5.82 Å². The number of Topliss-reactive ketones (excluding diaryl/α,β-unsaturated/α-hetero) is 1. The molecule has 0 bridgehead atoms. The maximum atomic E-state index is 12.6. The fourth-order valence-corrected chi connectivity index (χ4v) is 7.59. The van der Waals surface area contributed by atoms with Gasteiger partial charge in [-0.05, 0) is 12.8 Å².